The monoisotopic (exact) mass is 408 g/mol. The minimum Gasteiger partial charge on any atom is -0.486 e. The maximum atomic E-state index is 13.0. The van der Waals surface area contributed by atoms with Crippen molar-refractivity contribution in [1.82, 2.24) is 0 Å². The Morgan fingerprint density at radius 3 is 2.17 bits per heavy atom. The minimum absolute atomic E-state index is 0.232. The summed E-state index contributed by atoms with van der Waals surface area (Å²) in [5, 5.41) is 6.01. The van der Waals surface area contributed by atoms with Gasteiger partial charge in [0.05, 0.1) is 11.3 Å². The van der Waals surface area contributed by atoms with Gasteiger partial charge in [0.2, 0.25) is 0 Å². The third-order valence-corrected chi connectivity index (χ3v) is 4.57. The van der Waals surface area contributed by atoms with E-state index in [2.05, 4.69) is 10.6 Å². The molecular weight excluding hydrogens is 392 g/mol. The van der Waals surface area contributed by atoms with Crippen LogP contribution in [0, 0.1) is 0 Å². The van der Waals surface area contributed by atoms with Crippen LogP contribution in [-0.2, 0) is 0 Å². The molecule has 0 saturated carbocycles. The molecule has 7 heteroatoms. The summed E-state index contributed by atoms with van der Waals surface area (Å²) >= 11 is 5.87. The first-order valence-corrected chi connectivity index (χ1v) is 9.35. The summed E-state index contributed by atoms with van der Waals surface area (Å²) in [7, 11) is 0. The molecule has 0 unspecified atom stereocenters. The molecule has 29 heavy (non-hydrogen) atoms. The molecule has 3 aromatic carbocycles. The molecule has 0 spiro atoms. The number of anilines is 2. The van der Waals surface area contributed by atoms with Crippen molar-refractivity contribution in [2.24, 2.45) is 0 Å². The van der Waals surface area contributed by atoms with Crippen LogP contribution in [0.15, 0.2) is 66.7 Å². The third kappa shape index (κ3) is 4.33. The highest BCUT2D eigenvalue weighted by Gasteiger charge is 2.22. The first kappa shape index (κ1) is 18.8. The van der Waals surface area contributed by atoms with Gasteiger partial charge < -0.3 is 20.1 Å². The number of urea groups is 1. The van der Waals surface area contributed by atoms with Gasteiger partial charge in [0, 0.05) is 22.3 Å². The highest BCUT2D eigenvalue weighted by Crippen LogP contribution is 2.36. The lowest BCUT2D eigenvalue weighted by molar-refractivity contribution is 0.103. The van der Waals surface area contributed by atoms with Crippen LogP contribution in [0.25, 0.3) is 0 Å². The normalized spacial score (nSPS) is 12.2. The molecular formula is C22H17ClN2O4. The topological polar surface area (TPSA) is 76.7 Å². The number of carbonyl (C=O) groups excluding carboxylic acids is 2. The van der Waals surface area contributed by atoms with Gasteiger partial charge in [0.1, 0.15) is 13.2 Å². The molecule has 1 heterocycles. The van der Waals surface area contributed by atoms with E-state index in [0.29, 0.717) is 52.2 Å². The van der Waals surface area contributed by atoms with E-state index in [1.54, 1.807) is 60.7 Å². The lowest BCUT2D eigenvalue weighted by atomic mass is 10.0. The number of carbonyl (C=O) groups is 2. The Morgan fingerprint density at radius 2 is 1.48 bits per heavy atom. The van der Waals surface area contributed by atoms with E-state index >= 15 is 0 Å². The second-order valence-corrected chi connectivity index (χ2v) is 6.76. The second-order valence-electron chi connectivity index (χ2n) is 6.32. The SMILES string of the molecule is O=C(Nc1ccc(Cl)cc1)Nc1cc2c(cc1C(=O)c1ccccc1)OCCO2. The number of rotatable bonds is 4. The Hall–Kier alpha value is -3.51. The zero-order chi connectivity index (χ0) is 20.2. The van der Waals surface area contributed by atoms with Crippen molar-refractivity contribution >= 4 is 34.8 Å². The largest absolute Gasteiger partial charge is 0.486 e. The fourth-order valence-corrected chi connectivity index (χ4v) is 3.07. The van der Waals surface area contributed by atoms with E-state index in [1.165, 1.54) is 0 Å². The molecule has 0 atom stereocenters. The molecule has 1 aliphatic heterocycles. The van der Waals surface area contributed by atoms with E-state index < -0.39 is 6.03 Å². The van der Waals surface area contributed by atoms with Gasteiger partial charge in [-0.2, -0.15) is 0 Å². The molecule has 0 aliphatic carbocycles. The molecule has 0 radical (unpaired) electrons. The van der Waals surface area contributed by atoms with Crippen molar-refractivity contribution in [3.05, 3.63) is 82.9 Å². The van der Waals surface area contributed by atoms with Crippen molar-refractivity contribution in [1.29, 1.82) is 0 Å². The first-order valence-electron chi connectivity index (χ1n) is 8.97. The van der Waals surface area contributed by atoms with Crippen molar-refractivity contribution in [3.8, 4) is 11.5 Å². The van der Waals surface area contributed by atoms with Crippen LogP contribution < -0.4 is 20.1 Å². The lowest BCUT2D eigenvalue weighted by Gasteiger charge is -2.21. The fraction of sp³-hybridized carbons (Fsp3) is 0.0909. The Balaban J connectivity index is 1.64. The molecule has 146 valence electrons. The van der Waals surface area contributed by atoms with Gasteiger partial charge in [-0.15, -0.1) is 0 Å². The van der Waals surface area contributed by atoms with Crippen LogP contribution in [0.2, 0.25) is 5.02 Å². The van der Waals surface area contributed by atoms with Gasteiger partial charge in [-0.25, -0.2) is 4.79 Å². The Morgan fingerprint density at radius 1 is 0.828 bits per heavy atom. The molecule has 1 aliphatic rings. The van der Waals surface area contributed by atoms with Crippen LogP contribution in [0.1, 0.15) is 15.9 Å². The van der Waals surface area contributed by atoms with E-state index in [4.69, 9.17) is 21.1 Å². The summed E-state index contributed by atoms with van der Waals surface area (Å²) in [5.74, 6) is 0.714. The number of hydrogen-bond donors (Lipinski definition) is 2. The van der Waals surface area contributed by atoms with Crippen molar-refractivity contribution < 1.29 is 19.1 Å². The molecule has 0 fully saturated rings. The van der Waals surface area contributed by atoms with Gasteiger partial charge in [-0.3, -0.25) is 4.79 Å². The summed E-state index contributed by atoms with van der Waals surface area (Å²) in [6.45, 7) is 0.797. The smallest absolute Gasteiger partial charge is 0.323 e. The van der Waals surface area contributed by atoms with Crippen LogP contribution in [0.5, 0.6) is 11.5 Å². The van der Waals surface area contributed by atoms with Gasteiger partial charge >= 0.3 is 6.03 Å². The minimum atomic E-state index is -0.494. The Bertz CT molecular complexity index is 1050. The van der Waals surface area contributed by atoms with Gasteiger partial charge in [-0.1, -0.05) is 41.9 Å². The van der Waals surface area contributed by atoms with E-state index in [9.17, 15) is 9.59 Å². The number of ketones is 1. The highest BCUT2D eigenvalue weighted by molar-refractivity contribution is 6.30. The lowest BCUT2D eigenvalue weighted by Crippen LogP contribution is -2.22. The fourth-order valence-electron chi connectivity index (χ4n) is 2.94. The third-order valence-electron chi connectivity index (χ3n) is 4.31. The maximum Gasteiger partial charge on any atom is 0.323 e. The van der Waals surface area contributed by atoms with Crippen LogP contribution in [0.3, 0.4) is 0 Å². The predicted molar refractivity (Wildman–Crippen MR) is 111 cm³/mol. The number of hydrogen-bond acceptors (Lipinski definition) is 4. The summed E-state index contributed by atoms with van der Waals surface area (Å²) in [5.41, 5.74) is 1.71. The standard InChI is InChI=1S/C22H17ClN2O4/c23-15-6-8-16(9-7-15)24-22(27)25-18-13-20-19(28-10-11-29-20)12-17(18)21(26)14-4-2-1-3-5-14/h1-9,12-13H,10-11H2,(H2,24,25,27). The maximum absolute atomic E-state index is 13.0. The number of fused-ring (bicyclic) bond motifs is 1. The molecule has 2 N–H and O–H groups in total. The predicted octanol–water partition coefficient (Wildman–Crippen LogP) is 4.99. The van der Waals surface area contributed by atoms with E-state index in [-0.39, 0.29) is 5.78 Å². The molecule has 2 amide bonds. The number of halogens is 1. The Kier molecular flexibility index (Phi) is 5.35. The van der Waals surface area contributed by atoms with Crippen molar-refractivity contribution in [3.63, 3.8) is 0 Å². The van der Waals surface area contributed by atoms with Crippen LogP contribution >= 0.6 is 11.6 Å². The van der Waals surface area contributed by atoms with Crippen molar-refractivity contribution in [2.45, 2.75) is 0 Å². The molecule has 0 saturated heterocycles. The first-order chi connectivity index (χ1) is 14.1. The molecule has 6 nitrogen and oxygen atoms in total. The molecule has 0 aromatic heterocycles. The highest BCUT2D eigenvalue weighted by atomic mass is 35.5. The number of benzene rings is 3. The summed E-state index contributed by atoms with van der Waals surface area (Å²) in [6.07, 6.45) is 0. The van der Waals surface area contributed by atoms with E-state index in [0.717, 1.165) is 0 Å². The summed E-state index contributed by atoms with van der Waals surface area (Å²) < 4.78 is 11.2. The molecule has 4 rings (SSSR count). The van der Waals surface area contributed by atoms with E-state index in [1.807, 2.05) is 6.07 Å². The zero-order valence-electron chi connectivity index (χ0n) is 15.3. The van der Waals surface area contributed by atoms with Gasteiger partial charge in [0.25, 0.3) is 0 Å². The van der Waals surface area contributed by atoms with Crippen molar-refractivity contribution in [2.75, 3.05) is 23.8 Å². The van der Waals surface area contributed by atoms with Crippen LogP contribution in [0.4, 0.5) is 16.2 Å². The van der Waals surface area contributed by atoms with Gasteiger partial charge in [-0.05, 0) is 30.3 Å². The summed E-state index contributed by atoms with van der Waals surface area (Å²) in [6, 6.07) is 18.3. The quantitative estimate of drug-likeness (QED) is 0.596. The number of amides is 2. The van der Waals surface area contributed by atoms with Gasteiger partial charge in [0.15, 0.2) is 17.3 Å². The molecule has 0 bridgehead atoms. The zero-order valence-corrected chi connectivity index (χ0v) is 16.0. The number of nitrogens with one attached hydrogen (secondary N) is 2. The van der Waals surface area contributed by atoms with Crippen LogP contribution in [-0.4, -0.2) is 25.0 Å². The molecule has 3 aromatic rings. The summed E-state index contributed by atoms with van der Waals surface area (Å²) in [4.78, 5) is 25.6. The second kappa shape index (κ2) is 8.24. The Labute approximate surface area is 172 Å². The average Bonchev–Trinajstić information content (AvgIpc) is 2.75. The average molecular weight is 409 g/mol. The number of ether oxygens (including phenoxy) is 2.